The van der Waals surface area contributed by atoms with E-state index in [4.69, 9.17) is 4.74 Å². The van der Waals surface area contributed by atoms with Crippen LogP contribution < -0.4 is 5.32 Å². The van der Waals surface area contributed by atoms with Gasteiger partial charge in [-0.15, -0.1) is 0 Å². The van der Waals surface area contributed by atoms with Crippen molar-refractivity contribution in [2.24, 2.45) is 0 Å². The normalized spacial score (nSPS) is 11.2. The summed E-state index contributed by atoms with van der Waals surface area (Å²) in [5.74, 6) is -0.880. The smallest absolute Gasteiger partial charge is 0.338 e. The first kappa shape index (κ1) is 18.6. The van der Waals surface area contributed by atoms with Gasteiger partial charge < -0.3 is 10.1 Å². The zero-order valence-corrected chi connectivity index (χ0v) is 15.8. The third-order valence-electron chi connectivity index (χ3n) is 4.35. The Hall–Kier alpha value is -3.14. The van der Waals surface area contributed by atoms with E-state index in [0.29, 0.717) is 11.3 Å². The van der Waals surface area contributed by atoms with Crippen LogP contribution in [0.5, 0.6) is 0 Å². The lowest BCUT2D eigenvalue weighted by Gasteiger charge is -2.18. The lowest BCUT2D eigenvalue weighted by Crippen LogP contribution is -2.21. The molecule has 0 fully saturated rings. The van der Waals surface area contributed by atoms with Crippen molar-refractivity contribution >= 4 is 28.3 Å². The molecule has 0 spiro atoms. The molecule has 1 amide bonds. The predicted molar refractivity (Wildman–Crippen MR) is 108 cm³/mol. The number of ether oxygens (including phenoxy) is 1. The summed E-state index contributed by atoms with van der Waals surface area (Å²) in [5.41, 5.74) is 2.25. The molecule has 4 nitrogen and oxygen atoms in total. The van der Waals surface area contributed by atoms with Crippen molar-refractivity contribution in [2.75, 3.05) is 11.9 Å². The van der Waals surface area contributed by atoms with Gasteiger partial charge in [0, 0.05) is 5.69 Å². The van der Waals surface area contributed by atoms with Gasteiger partial charge in [0.2, 0.25) is 0 Å². The number of esters is 1. The van der Waals surface area contributed by atoms with Gasteiger partial charge in [-0.25, -0.2) is 4.79 Å². The highest BCUT2D eigenvalue weighted by Crippen LogP contribution is 2.22. The Morgan fingerprint density at radius 2 is 1.56 bits per heavy atom. The highest BCUT2D eigenvalue weighted by atomic mass is 16.5. The molecule has 0 bridgehead atoms. The topological polar surface area (TPSA) is 55.4 Å². The number of carbonyl (C=O) groups is 2. The quantitative estimate of drug-likeness (QED) is 0.670. The van der Waals surface area contributed by atoms with Crippen LogP contribution in [0, 0.1) is 0 Å². The summed E-state index contributed by atoms with van der Waals surface area (Å²) in [5, 5.41) is 4.89. The summed E-state index contributed by atoms with van der Waals surface area (Å²) in [6.45, 7) is 6.00. The minimum absolute atomic E-state index is 0.0160. The lowest BCUT2D eigenvalue weighted by molar-refractivity contribution is -0.119. The fourth-order valence-corrected chi connectivity index (χ4v) is 2.78. The number of benzene rings is 3. The van der Waals surface area contributed by atoms with Crippen LogP contribution in [0.25, 0.3) is 10.8 Å². The number of nitrogens with one attached hydrogen (secondary N) is 1. The van der Waals surface area contributed by atoms with Crippen molar-refractivity contribution in [3.05, 3.63) is 77.9 Å². The molecule has 27 heavy (non-hydrogen) atoms. The van der Waals surface area contributed by atoms with Gasteiger partial charge in [-0.05, 0) is 46.0 Å². The second-order valence-electron chi connectivity index (χ2n) is 7.51. The van der Waals surface area contributed by atoms with Crippen LogP contribution in [0.4, 0.5) is 5.69 Å². The summed E-state index contributed by atoms with van der Waals surface area (Å²) in [6, 6.07) is 20.8. The van der Waals surface area contributed by atoms with Gasteiger partial charge in [0.05, 0.1) is 5.56 Å². The Morgan fingerprint density at radius 3 is 2.22 bits per heavy atom. The van der Waals surface area contributed by atoms with Crippen LogP contribution in [0.1, 0.15) is 36.7 Å². The Bertz CT molecular complexity index is 969. The molecule has 0 unspecified atom stereocenters. The van der Waals surface area contributed by atoms with Gasteiger partial charge in [-0.1, -0.05) is 63.2 Å². The maximum absolute atomic E-state index is 12.1. The van der Waals surface area contributed by atoms with Gasteiger partial charge in [0.15, 0.2) is 6.61 Å². The number of fused-ring (bicyclic) bond motifs is 1. The van der Waals surface area contributed by atoms with Crippen LogP contribution in [-0.2, 0) is 14.9 Å². The Kier molecular flexibility index (Phi) is 5.26. The van der Waals surface area contributed by atoms with Crippen molar-refractivity contribution in [3.63, 3.8) is 0 Å². The molecule has 3 rings (SSSR count). The summed E-state index contributed by atoms with van der Waals surface area (Å²) < 4.78 is 5.12. The fourth-order valence-electron chi connectivity index (χ4n) is 2.78. The maximum Gasteiger partial charge on any atom is 0.338 e. The van der Waals surface area contributed by atoms with Gasteiger partial charge in [0.1, 0.15) is 0 Å². The Labute approximate surface area is 159 Å². The van der Waals surface area contributed by atoms with Crippen molar-refractivity contribution in [2.45, 2.75) is 26.2 Å². The second-order valence-corrected chi connectivity index (χ2v) is 7.51. The second kappa shape index (κ2) is 7.62. The van der Waals surface area contributed by atoms with Crippen molar-refractivity contribution in [1.29, 1.82) is 0 Å². The van der Waals surface area contributed by atoms with Crippen LogP contribution in [0.3, 0.4) is 0 Å². The molecule has 0 saturated heterocycles. The Balaban J connectivity index is 1.57. The molecule has 0 aromatic heterocycles. The molecule has 4 heteroatoms. The van der Waals surface area contributed by atoms with Crippen LogP contribution in [-0.4, -0.2) is 18.5 Å². The van der Waals surface area contributed by atoms with Crippen LogP contribution in [0.15, 0.2) is 66.7 Å². The van der Waals surface area contributed by atoms with Crippen molar-refractivity contribution in [3.8, 4) is 0 Å². The van der Waals surface area contributed by atoms with E-state index in [1.54, 1.807) is 12.1 Å². The molecule has 0 aliphatic carbocycles. The highest BCUT2D eigenvalue weighted by Gasteiger charge is 2.15. The van der Waals surface area contributed by atoms with Gasteiger partial charge >= 0.3 is 5.97 Å². The highest BCUT2D eigenvalue weighted by molar-refractivity contribution is 5.97. The molecule has 0 atom stereocenters. The van der Waals surface area contributed by atoms with Crippen molar-refractivity contribution in [1.82, 2.24) is 0 Å². The molecular weight excluding hydrogens is 338 g/mol. The minimum atomic E-state index is -0.510. The molecule has 1 N–H and O–H groups in total. The fraction of sp³-hybridized carbons (Fsp3) is 0.217. The third kappa shape index (κ3) is 4.73. The number of amides is 1. The van der Waals surface area contributed by atoms with Gasteiger partial charge in [-0.2, -0.15) is 0 Å². The van der Waals surface area contributed by atoms with E-state index in [2.05, 4.69) is 26.1 Å². The molecule has 3 aromatic carbocycles. The number of hydrogen-bond acceptors (Lipinski definition) is 3. The van der Waals surface area contributed by atoms with E-state index in [-0.39, 0.29) is 17.9 Å². The molecule has 3 aromatic rings. The molecule has 0 heterocycles. The average molecular weight is 361 g/mol. The van der Waals surface area contributed by atoms with Gasteiger partial charge in [-0.3, -0.25) is 4.79 Å². The molecule has 0 aliphatic heterocycles. The zero-order chi connectivity index (χ0) is 19.4. The molecule has 138 valence electrons. The van der Waals surface area contributed by atoms with E-state index < -0.39 is 5.97 Å². The van der Waals surface area contributed by atoms with E-state index in [9.17, 15) is 9.59 Å². The Morgan fingerprint density at radius 1 is 0.889 bits per heavy atom. The summed E-state index contributed by atoms with van der Waals surface area (Å²) in [4.78, 5) is 24.2. The summed E-state index contributed by atoms with van der Waals surface area (Å²) >= 11 is 0. The molecule has 0 saturated carbocycles. The maximum atomic E-state index is 12.1. The number of hydrogen-bond donors (Lipinski definition) is 1. The van der Waals surface area contributed by atoms with Crippen molar-refractivity contribution < 1.29 is 14.3 Å². The minimum Gasteiger partial charge on any atom is -0.452 e. The zero-order valence-electron chi connectivity index (χ0n) is 15.8. The first-order valence-electron chi connectivity index (χ1n) is 8.89. The van der Waals surface area contributed by atoms with E-state index in [1.807, 2.05) is 54.6 Å². The largest absolute Gasteiger partial charge is 0.452 e. The van der Waals surface area contributed by atoms with Crippen LogP contribution >= 0.6 is 0 Å². The molecule has 0 radical (unpaired) electrons. The van der Waals surface area contributed by atoms with E-state index in [1.165, 1.54) is 0 Å². The number of anilines is 1. The monoisotopic (exact) mass is 361 g/mol. The van der Waals surface area contributed by atoms with E-state index in [0.717, 1.165) is 16.3 Å². The predicted octanol–water partition coefficient (Wildman–Crippen LogP) is 4.93. The average Bonchev–Trinajstić information content (AvgIpc) is 2.65. The first-order valence-corrected chi connectivity index (χ1v) is 8.89. The van der Waals surface area contributed by atoms with E-state index >= 15 is 0 Å². The third-order valence-corrected chi connectivity index (χ3v) is 4.35. The standard InChI is InChI=1S/C23H23NO3/c1-23(2,3)19-11-8-17(9-12-19)22(26)27-15-21(25)24-20-13-10-16-6-4-5-7-18(16)14-20/h4-14H,15H2,1-3H3,(H,24,25). The number of carbonyl (C=O) groups excluding carboxylic acids is 2. The summed E-state index contributed by atoms with van der Waals surface area (Å²) in [7, 11) is 0. The number of rotatable bonds is 4. The SMILES string of the molecule is CC(C)(C)c1ccc(C(=O)OCC(=O)Nc2ccc3ccccc3c2)cc1. The molecule has 0 aliphatic rings. The van der Waals surface area contributed by atoms with Crippen LogP contribution in [0.2, 0.25) is 0 Å². The first-order chi connectivity index (χ1) is 12.8. The van der Waals surface area contributed by atoms with Gasteiger partial charge in [0.25, 0.3) is 5.91 Å². The molecular formula is C23H23NO3. The lowest BCUT2D eigenvalue weighted by atomic mass is 9.87. The summed E-state index contributed by atoms with van der Waals surface area (Å²) in [6.07, 6.45) is 0.